The van der Waals surface area contributed by atoms with Crippen molar-refractivity contribution in [3.8, 4) is 0 Å². The molecule has 1 aromatic heterocycles. The van der Waals surface area contributed by atoms with Gasteiger partial charge in [0.1, 0.15) is 5.82 Å². The van der Waals surface area contributed by atoms with Crippen LogP contribution in [0.3, 0.4) is 0 Å². The highest BCUT2D eigenvalue weighted by molar-refractivity contribution is 6.28. The zero-order valence-electron chi connectivity index (χ0n) is 6.98. The van der Waals surface area contributed by atoms with E-state index in [-0.39, 0.29) is 5.41 Å². The third kappa shape index (κ3) is 2.89. The van der Waals surface area contributed by atoms with Crippen molar-refractivity contribution in [3.63, 3.8) is 0 Å². The Morgan fingerprint density at radius 3 is 2.45 bits per heavy atom. The van der Waals surface area contributed by atoms with Crippen LogP contribution >= 0.6 is 11.6 Å². The minimum Gasteiger partial charge on any atom is -0.262 e. The fourth-order valence-corrected chi connectivity index (χ4v) is 0.998. The van der Waals surface area contributed by atoms with Crippen molar-refractivity contribution in [2.75, 3.05) is 0 Å². The molecular formula is C7H12ClN3. The van der Waals surface area contributed by atoms with E-state index < -0.39 is 0 Å². The number of aromatic nitrogens is 3. The monoisotopic (exact) mass is 173 g/mol. The molecule has 0 saturated carbocycles. The Bertz CT molecular complexity index is 236. The molecule has 0 amide bonds. The molecule has 1 heterocycles. The summed E-state index contributed by atoms with van der Waals surface area (Å²) in [6, 6.07) is 0. The molecule has 4 heteroatoms. The largest absolute Gasteiger partial charge is 0.262 e. The number of H-pyrrole nitrogens is 1. The molecule has 0 spiro atoms. The molecule has 1 N–H and O–H groups in total. The molecule has 62 valence electrons. The first kappa shape index (κ1) is 8.53. The average molecular weight is 174 g/mol. The fraction of sp³-hybridized carbons (Fsp3) is 0.714. The topological polar surface area (TPSA) is 41.6 Å². The molecule has 3 nitrogen and oxygen atoms in total. The van der Waals surface area contributed by atoms with Crippen LogP contribution in [-0.4, -0.2) is 15.2 Å². The van der Waals surface area contributed by atoms with E-state index in [2.05, 4.69) is 36.0 Å². The maximum atomic E-state index is 5.54. The van der Waals surface area contributed by atoms with Crippen molar-refractivity contribution in [2.24, 2.45) is 5.41 Å². The SMILES string of the molecule is CC(C)(C)Cc1nc(Cl)n[nH]1. The Morgan fingerprint density at radius 2 is 2.09 bits per heavy atom. The Balaban J connectivity index is 2.65. The van der Waals surface area contributed by atoms with E-state index >= 15 is 0 Å². The molecule has 0 saturated heterocycles. The molecular weight excluding hydrogens is 162 g/mol. The molecule has 11 heavy (non-hydrogen) atoms. The quantitative estimate of drug-likeness (QED) is 0.706. The standard InChI is InChI=1S/C7H12ClN3/c1-7(2,3)4-5-9-6(8)11-10-5/h4H2,1-3H3,(H,9,10,11). The third-order valence-corrected chi connectivity index (χ3v) is 1.37. The number of aromatic amines is 1. The Morgan fingerprint density at radius 1 is 1.45 bits per heavy atom. The van der Waals surface area contributed by atoms with Gasteiger partial charge in [-0.2, -0.15) is 0 Å². The van der Waals surface area contributed by atoms with Gasteiger partial charge in [0, 0.05) is 6.42 Å². The van der Waals surface area contributed by atoms with Gasteiger partial charge in [0.05, 0.1) is 0 Å². The van der Waals surface area contributed by atoms with E-state index in [1.54, 1.807) is 0 Å². The second kappa shape index (κ2) is 2.81. The van der Waals surface area contributed by atoms with Crippen molar-refractivity contribution < 1.29 is 0 Å². The highest BCUT2D eigenvalue weighted by Gasteiger charge is 2.13. The van der Waals surface area contributed by atoms with E-state index in [1.165, 1.54) is 0 Å². The van der Waals surface area contributed by atoms with Gasteiger partial charge < -0.3 is 0 Å². The molecule has 0 unspecified atom stereocenters. The maximum Gasteiger partial charge on any atom is 0.242 e. The normalized spacial score (nSPS) is 12.0. The van der Waals surface area contributed by atoms with Gasteiger partial charge in [-0.1, -0.05) is 20.8 Å². The van der Waals surface area contributed by atoms with Gasteiger partial charge in [-0.15, -0.1) is 5.10 Å². The predicted octanol–water partition coefficient (Wildman–Crippen LogP) is 2.05. The van der Waals surface area contributed by atoms with Crippen LogP contribution in [0.1, 0.15) is 26.6 Å². The first-order valence-electron chi connectivity index (χ1n) is 3.54. The van der Waals surface area contributed by atoms with Crippen LogP contribution in [0.4, 0.5) is 0 Å². The summed E-state index contributed by atoms with van der Waals surface area (Å²) in [6.45, 7) is 6.43. The molecule has 1 rings (SSSR count). The van der Waals surface area contributed by atoms with Crippen molar-refractivity contribution in [1.29, 1.82) is 0 Å². The van der Waals surface area contributed by atoms with E-state index in [1.807, 2.05) is 0 Å². The summed E-state index contributed by atoms with van der Waals surface area (Å²) in [5, 5.41) is 6.79. The summed E-state index contributed by atoms with van der Waals surface area (Å²) in [4.78, 5) is 3.99. The minimum atomic E-state index is 0.225. The zero-order chi connectivity index (χ0) is 8.48. The first-order valence-corrected chi connectivity index (χ1v) is 3.92. The molecule has 0 aliphatic rings. The molecule has 0 atom stereocenters. The zero-order valence-corrected chi connectivity index (χ0v) is 7.74. The molecule has 0 aliphatic carbocycles. The summed E-state index contributed by atoms with van der Waals surface area (Å²) >= 11 is 5.54. The lowest BCUT2D eigenvalue weighted by Crippen LogP contribution is -2.10. The minimum absolute atomic E-state index is 0.225. The van der Waals surface area contributed by atoms with Gasteiger partial charge in [-0.05, 0) is 17.0 Å². The van der Waals surface area contributed by atoms with Crippen molar-refractivity contribution in [2.45, 2.75) is 27.2 Å². The molecule has 0 aliphatic heterocycles. The van der Waals surface area contributed by atoms with E-state index in [9.17, 15) is 0 Å². The van der Waals surface area contributed by atoms with Crippen LogP contribution in [0.5, 0.6) is 0 Å². The average Bonchev–Trinajstić information content (AvgIpc) is 2.10. The Labute approximate surface area is 71.2 Å². The summed E-state index contributed by atoms with van der Waals surface area (Å²) in [5.74, 6) is 0.850. The lowest BCUT2D eigenvalue weighted by Gasteiger charge is -2.14. The molecule has 0 aromatic carbocycles. The van der Waals surface area contributed by atoms with Crippen molar-refractivity contribution in [3.05, 3.63) is 11.1 Å². The van der Waals surface area contributed by atoms with Gasteiger partial charge in [0.15, 0.2) is 0 Å². The number of rotatable bonds is 1. The summed E-state index contributed by atoms with van der Waals surface area (Å²) in [5.41, 5.74) is 0.225. The number of hydrogen-bond acceptors (Lipinski definition) is 2. The summed E-state index contributed by atoms with van der Waals surface area (Å²) < 4.78 is 0. The Hall–Kier alpha value is -0.570. The van der Waals surface area contributed by atoms with Crippen LogP contribution in [0, 0.1) is 5.41 Å². The van der Waals surface area contributed by atoms with Crippen LogP contribution < -0.4 is 0 Å². The van der Waals surface area contributed by atoms with Crippen LogP contribution in [0.25, 0.3) is 0 Å². The number of halogens is 1. The van der Waals surface area contributed by atoms with Crippen LogP contribution in [0.2, 0.25) is 5.28 Å². The van der Waals surface area contributed by atoms with Gasteiger partial charge in [-0.3, -0.25) is 5.10 Å². The maximum absolute atomic E-state index is 5.54. The number of nitrogens with zero attached hydrogens (tertiary/aromatic N) is 2. The molecule has 1 aromatic rings. The molecule has 0 fully saturated rings. The van der Waals surface area contributed by atoms with Crippen molar-refractivity contribution >= 4 is 11.6 Å². The summed E-state index contributed by atoms with van der Waals surface area (Å²) in [6.07, 6.45) is 0.868. The lowest BCUT2D eigenvalue weighted by molar-refractivity contribution is 0.401. The van der Waals surface area contributed by atoms with Crippen molar-refractivity contribution in [1.82, 2.24) is 15.2 Å². The van der Waals surface area contributed by atoms with Gasteiger partial charge in [0.25, 0.3) is 0 Å². The van der Waals surface area contributed by atoms with Gasteiger partial charge in [0.2, 0.25) is 5.28 Å². The summed E-state index contributed by atoms with van der Waals surface area (Å²) in [7, 11) is 0. The second-order valence-electron chi connectivity index (χ2n) is 3.79. The molecule has 0 bridgehead atoms. The van der Waals surface area contributed by atoms with Gasteiger partial charge >= 0.3 is 0 Å². The van der Waals surface area contributed by atoms with Gasteiger partial charge in [-0.25, -0.2) is 4.98 Å². The number of hydrogen-bond donors (Lipinski definition) is 1. The highest BCUT2D eigenvalue weighted by atomic mass is 35.5. The van der Waals surface area contributed by atoms with E-state index in [0.717, 1.165) is 12.2 Å². The molecule has 0 radical (unpaired) electrons. The van der Waals surface area contributed by atoms with E-state index in [0.29, 0.717) is 5.28 Å². The first-order chi connectivity index (χ1) is 4.97. The van der Waals surface area contributed by atoms with E-state index in [4.69, 9.17) is 11.6 Å². The second-order valence-corrected chi connectivity index (χ2v) is 4.13. The van der Waals surface area contributed by atoms with Crippen LogP contribution in [0.15, 0.2) is 0 Å². The smallest absolute Gasteiger partial charge is 0.242 e. The van der Waals surface area contributed by atoms with Crippen LogP contribution in [-0.2, 0) is 6.42 Å². The highest BCUT2D eigenvalue weighted by Crippen LogP contribution is 2.18. The Kier molecular flexibility index (Phi) is 2.18. The lowest BCUT2D eigenvalue weighted by atomic mass is 9.92. The third-order valence-electron chi connectivity index (χ3n) is 1.20. The number of nitrogens with one attached hydrogen (secondary N) is 1. The predicted molar refractivity (Wildman–Crippen MR) is 44.6 cm³/mol. The fourth-order valence-electron chi connectivity index (χ4n) is 0.853.